The van der Waals surface area contributed by atoms with Crippen LogP contribution >= 0.6 is 11.8 Å². The van der Waals surface area contributed by atoms with E-state index in [0.29, 0.717) is 6.42 Å². The molecule has 6 heteroatoms. The number of aliphatic hydroxyl groups is 1. The van der Waals surface area contributed by atoms with Crippen LogP contribution in [0.1, 0.15) is 6.42 Å². The summed E-state index contributed by atoms with van der Waals surface area (Å²) in [5.41, 5.74) is 4.14. The van der Waals surface area contributed by atoms with Gasteiger partial charge in [0.15, 0.2) is 5.44 Å². The molecule has 0 fully saturated rings. The first-order chi connectivity index (χ1) is 8.00. The number of hydrogen-bond donors (Lipinski definition) is 2. The van der Waals surface area contributed by atoms with Crippen LogP contribution in [0.4, 0.5) is 0 Å². The lowest BCUT2D eigenvalue weighted by atomic mass is 10.2. The fraction of sp³-hybridized carbons (Fsp3) is 0.455. The minimum atomic E-state index is -3.75. The molecule has 0 aliphatic rings. The van der Waals surface area contributed by atoms with Gasteiger partial charge in [0.05, 0.1) is 4.90 Å². The SMILES string of the molecule is CSCC[C@H](N)C(O)S(=O)(=O)c1ccccc1. The van der Waals surface area contributed by atoms with Gasteiger partial charge in [-0.1, -0.05) is 18.2 Å². The Hall–Kier alpha value is -0.560. The van der Waals surface area contributed by atoms with Gasteiger partial charge in [-0.05, 0) is 30.6 Å². The summed E-state index contributed by atoms with van der Waals surface area (Å²) in [5, 5.41) is 9.80. The van der Waals surface area contributed by atoms with Gasteiger partial charge in [0, 0.05) is 6.04 Å². The molecule has 17 heavy (non-hydrogen) atoms. The second kappa shape index (κ2) is 6.39. The van der Waals surface area contributed by atoms with Crippen molar-refractivity contribution in [2.75, 3.05) is 12.0 Å². The van der Waals surface area contributed by atoms with Crippen molar-refractivity contribution in [2.24, 2.45) is 5.73 Å². The van der Waals surface area contributed by atoms with Crippen LogP contribution in [0.15, 0.2) is 35.2 Å². The summed E-state index contributed by atoms with van der Waals surface area (Å²) in [6.07, 6.45) is 2.37. The molecule has 96 valence electrons. The van der Waals surface area contributed by atoms with Crippen LogP contribution < -0.4 is 5.73 Å². The van der Waals surface area contributed by atoms with Gasteiger partial charge in [-0.15, -0.1) is 0 Å². The van der Waals surface area contributed by atoms with Crippen molar-refractivity contribution in [1.29, 1.82) is 0 Å². The third-order valence-electron chi connectivity index (χ3n) is 2.41. The zero-order valence-corrected chi connectivity index (χ0v) is 11.2. The van der Waals surface area contributed by atoms with E-state index in [1.165, 1.54) is 12.1 Å². The maximum Gasteiger partial charge on any atom is 0.206 e. The third-order valence-corrected chi connectivity index (χ3v) is 4.97. The zero-order chi connectivity index (χ0) is 12.9. The third kappa shape index (κ3) is 3.70. The molecule has 0 radical (unpaired) electrons. The quantitative estimate of drug-likeness (QED) is 0.805. The molecule has 0 aromatic heterocycles. The molecule has 0 amide bonds. The van der Waals surface area contributed by atoms with E-state index in [-0.39, 0.29) is 4.90 Å². The Morgan fingerprint density at radius 3 is 2.47 bits per heavy atom. The molecule has 0 heterocycles. The fourth-order valence-corrected chi connectivity index (χ4v) is 3.30. The van der Waals surface area contributed by atoms with E-state index in [1.807, 2.05) is 6.26 Å². The second-order valence-electron chi connectivity index (χ2n) is 3.69. The van der Waals surface area contributed by atoms with Gasteiger partial charge in [0.25, 0.3) is 0 Å². The van der Waals surface area contributed by atoms with E-state index in [4.69, 9.17) is 5.73 Å². The van der Waals surface area contributed by atoms with Crippen LogP contribution in [0.2, 0.25) is 0 Å². The van der Waals surface area contributed by atoms with E-state index in [2.05, 4.69) is 0 Å². The summed E-state index contributed by atoms with van der Waals surface area (Å²) in [4.78, 5) is 0.104. The lowest BCUT2D eigenvalue weighted by Crippen LogP contribution is -2.40. The smallest absolute Gasteiger partial charge is 0.206 e. The number of nitrogens with two attached hydrogens (primary N) is 1. The number of sulfone groups is 1. The molecule has 1 unspecified atom stereocenters. The average molecular weight is 275 g/mol. The van der Waals surface area contributed by atoms with E-state index in [0.717, 1.165) is 5.75 Å². The highest BCUT2D eigenvalue weighted by Crippen LogP contribution is 2.17. The minimum absolute atomic E-state index is 0.104. The van der Waals surface area contributed by atoms with Crippen molar-refractivity contribution in [3.8, 4) is 0 Å². The lowest BCUT2D eigenvalue weighted by molar-refractivity contribution is 0.215. The molecule has 0 aliphatic carbocycles. The molecule has 0 spiro atoms. The Labute approximate surface area is 106 Å². The first kappa shape index (κ1) is 14.5. The van der Waals surface area contributed by atoms with Gasteiger partial charge in [-0.25, -0.2) is 8.42 Å². The van der Waals surface area contributed by atoms with Crippen LogP contribution in [0.5, 0.6) is 0 Å². The minimum Gasteiger partial charge on any atom is -0.375 e. The predicted octanol–water partition coefficient (Wildman–Crippen LogP) is 0.859. The van der Waals surface area contributed by atoms with Crippen LogP contribution in [0.3, 0.4) is 0 Å². The zero-order valence-electron chi connectivity index (χ0n) is 9.61. The summed E-state index contributed by atoms with van der Waals surface area (Å²) in [6, 6.07) is 7.12. The Kier molecular flexibility index (Phi) is 5.45. The van der Waals surface area contributed by atoms with Crippen molar-refractivity contribution in [1.82, 2.24) is 0 Å². The molecular weight excluding hydrogens is 258 g/mol. The molecule has 1 aromatic carbocycles. The summed E-state index contributed by atoms with van der Waals surface area (Å²) in [5.74, 6) is 0.725. The Balaban J connectivity index is 2.84. The highest BCUT2D eigenvalue weighted by Gasteiger charge is 2.30. The molecule has 0 bridgehead atoms. The number of rotatable bonds is 6. The first-order valence-electron chi connectivity index (χ1n) is 5.21. The average Bonchev–Trinajstić information content (AvgIpc) is 2.36. The topological polar surface area (TPSA) is 80.4 Å². The predicted molar refractivity (Wildman–Crippen MR) is 70.6 cm³/mol. The first-order valence-corrected chi connectivity index (χ1v) is 8.15. The molecular formula is C11H17NO3S2. The lowest BCUT2D eigenvalue weighted by Gasteiger charge is -2.18. The van der Waals surface area contributed by atoms with Crippen LogP contribution in [-0.2, 0) is 9.84 Å². The number of thioether (sulfide) groups is 1. The molecule has 4 nitrogen and oxygen atoms in total. The highest BCUT2D eigenvalue weighted by molar-refractivity contribution is 7.98. The van der Waals surface area contributed by atoms with Gasteiger partial charge in [-0.3, -0.25) is 0 Å². The normalized spacial score (nSPS) is 15.5. The summed E-state index contributed by atoms with van der Waals surface area (Å²) < 4.78 is 24.0. The van der Waals surface area contributed by atoms with Crippen LogP contribution in [0, 0.1) is 0 Å². The van der Waals surface area contributed by atoms with Crippen molar-refractivity contribution in [3.63, 3.8) is 0 Å². The Morgan fingerprint density at radius 1 is 1.35 bits per heavy atom. The van der Waals surface area contributed by atoms with E-state index in [9.17, 15) is 13.5 Å². The largest absolute Gasteiger partial charge is 0.375 e. The molecule has 0 saturated heterocycles. The molecule has 2 atom stereocenters. The summed E-state index contributed by atoms with van der Waals surface area (Å²) >= 11 is 1.57. The molecule has 1 rings (SSSR count). The van der Waals surface area contributed by atoms with Gasteiger partial charge >= 0.3 is 0 Å². The maximum absolute atomic E-state index is 12.0. The summed E-state index contributed by atoms with van der Waals surface area (Å²) in [7, 11) is -3.75. The van der Waals surface area contributed by atoms with Gasteiger partial charge in [0.2, 0.25) is 9.84 Å². The van der Waals surface area contributed by atoms with Gasteiger partial charge in [0.1, 0.15) is 0 Å². The molecule has 0 aliphatic heterocycles. The van der Waals surface area contributed by atoms with Crippen molar-refractivity contribution in [3.05, 3.63) is 30.3 Å². The molecule has 3 N–H and O–H groups in total. The van der Waals surface area contributed by atoms with Crippen LogP contribution in [0.25, 0.3) is 0 Å². The molecule has 0 saturated carbocycles. The second-order valence-corrected chi connectivity index (χ2v) is 6.72. The Bertz CT molecular complexity index is 433. The standard InChI is InChI=1S/C11H17NO3S2/c1-16-8-7-10(12)11(13)17(14,15)9-5-3-2-4-6-9/h2-6,10-11,13H,7-8,12H2,1H3/t10-,11?/m0/s1. The number of aliphatic hydroxyl groups excluding tert-OH is 1. The van der Waals surface area contributed by atoms with Crippen molar-refractivity contribution >= 4 is 21.6 Å². The van der Waals surface area contributed by atoms with Crippen LogP contribution in [-0.4, -0.2) is 37.0 Å². The van der Waals surface area contributed by atoms with Gasteiger partial charge < -0.3 is 10.8 Å². The van der Waals surface area contributed by atoms with Gasteiger partial charge in [-0.2, -0.15) is 11.8 Å². The monoisotopic (exact) mass is 275 g/mol. The highest BCUT2D eigenvalue weighted by atomic mass is 32.2. The Morgan fingerprint density at radius 2 is 1.94 bits per heavy atom. The van der Waals surface area contributed by atoms with Crippen molar-refractivity contribution in [2.45, 2.75) is 22.8 Å². The van der Waals surface area contributed by atoms with E-state index in [1.54, 1.807) is 30.0 Å². The van der Waals surface area contributed by atoms with Crippen molar-refractivity contribution < 1.29 is 13.5 Å². The van der Waals surface area contributed by atoms with E-state index >= 15 is 0 Å². The fourth-order valence-electron chi connectivity index (χ4n) is 1.38. The number of hydrogen-bond acceptors (Lipinski definition) is 5. The maximum atomic E-state index is 12.0. The van der Waals surface area contributed by atoms with E-state index < -0.39 is 21.3 Å². The number of benzene rings is 1. The molecule has 1 aromatic rings. The summed E-state index contributed by atoms with van der Waals surface area (Å²) in [6.45, 7) is 0.